The van der Waals surface area contributed by atoms with Gasteiger partial charge in [-0.1, -0.05) is 38.1 Å². The zero-order chi connectivity index (χ0) is 29.1. The molecule has 40 heavy (non-hydrogen) atoms. The van der Waals surface area contributed by atoms with Crippen LogP contribution < -0.4 is 5.32 Å². The monoisotopic (exact) mass is 579 g/mol. The molecule has 0 unspecified atom stereocenters. The normalized spacial score (nSPS) is 16.8. The average molecular weight is 580 g/mol. The Labute approximate surface area is 229 Å². The number of amides is 2. The third kappa shape index (κ3) is 6.65. The third-order valence-corrected chi connectivity index (χ3v) is 8.48. The molecule has 11 nitrogen and oxygen atoms in total. The molecule has 0 radical (unpaired) electrons. The van der Waals surface area contributed by atoms with Crippen molar-refractivity contribution < 1.29 is 31.2 Å². The lowest BCUT2D eigenvalue weighted by Gasteiger charge is -2.39. The van der Waals surface area contributed by atoms with E-state index in [9.17, 15) is 31.2 Å². The van der Waals surface area contributed by atoms with Gasteiger partial charge in [0.25, 0.3) is 0 Å². The van der Waals surface area contributed by atoms with Gasteiger partial charge in [-0.05, 0) is 46.5 Å². The van der Waals surface area contributed by atoms with Gasteiger partial charge in [-0.3, -0.25) is 9.59 Å². The molecule has 0 aliphatic carbocycles. The number of halogens is 3. The average Bonchev–Trinajstić information content (AvgIpc) is 3.44. The molecule has 0 bridgehead atoms. The highest BCUT2D eigenvalue weighted by Gasteiger charge is 2.41. The first-order valence-electron chi connectivity index (χ1n) is 12.4. The molecule has 1 saturated heterocycles. The summed E-state index contributed by atoms with van der Waals surface area (Å²) in [5.41, 5.74) is 0.907. The molecule has 1 aromatic heterocycles. The van der Waals surface area contributed by atoms with E-state index >= 15 is 0 Å². The molecule has 15 heteroatoms. The number of hydrogen-bond acceptors (Lipinski definition) is 7. The molecule has 214 valence electrons. The minimum Gasteiger partial charge on any atom is -0.351 e. The van der Waals surface area contributed by atoms with Crippen molar-refractivity contribution in [1.29, 1.82) is 0 Å². The fourth-order valence-electron chi connectivity index (χ4n) is 4.25. The minimum atomic E-state index is -4.64. The Hall–Kier alpha value is -3.85. The van der Waals surface area contributed by atoms with Gasteiger partial charge in [0.1, 0.15) is 12.6 Å². The lowest BCUT2D eigenvalue weighted by Crippen LogP contribution is -2.61. The Morgan fingerprint density at radius 3 is 2.30 bits per heavy atom. The predicted molar refractivity (Wildman–Crippen MR) is 136 cm³/mol. The van der Waals surface area contributed by atoms with E-state index in [0.717, 1.165) is 38.7 Å². The zero-order valence-corrected chi connectivity index (χ0v) is 22.6. The van der Waals surface area contributed by atoms with E-state index in [0.29, 0.717) is 18.1 Å². The molecule has 1 atom stereocenters. The third-order valence-electron chi connectivity index (χ3n) is 6.56. The van der Waals surface area contributed by atoms with E-state index < -0.39 is 44.5 Å². The summed E-state index contributed by atoms with van der Waals surface area (Å²) in [5.74, 6) is -0.780. The van der Waals surface area contributed by atoms with Crippen LogP contribution in [0.2, 0.25) is 0 Å². The topological polar surface area (TPSA) is 130 Å². The van der Waals surface area contributed by atoms with Crippen LogP contribution in [0.5, 0.6) is 0 Å². The summed E-state index contributed by atoms with van der Waals surface area (Å²) in [6.07, 6.45) is -3.48. The van der Waals surface area contributed by atoms with Gasteiger partial charge >= 0.3 is 6.18 Å². The second-order valence-corrected chi connectivity index (χ2v) is 11.5. The number of piperazine rings is 1. The summed E-state index contributed by atoms with van der Waals surface area (Å²) < 4.78 is 67.0. The molecule has 1 aliphatic heterocycles. The highest BCUT2D eigenvalue weighted by atomic mass is 32.2. The molecule has 2 amide bonds. The molecule has 1 N–H and O–H groups in total. The van der Waals surface area contributed by atoms with Crippen molar-refractivity contribution in [1.82, 2.24) is 34.7 Å². The summed E-state index contributed by atoms with van der Waals surface area (Å²) in [6.45, 7) is 3.39. The van der Waals surface area contributed by atoms with Crippen molar-refractivity contribution in [2.45, 2.75) is 50.0 Å². The van der Waals surface area contributed by atoms with E-state index in [2.05, 4.69) is 34.6 Å². The van der Waals surface area contributed by atoms with Crippen LogP contribution >= 0.6 is 0 Å². The smallest absolute Gasteiger partial charge is 0.351 e. The molecular weight excluding hydrogens is 551 g/mol. The summed E-state index contributed by atoms with van der Waals surface area (Å²) in [5, 5.41) is 13.7. The summed E-state index contributed by atoms with van der Waals surface area (Å²) in [6, 6.07) is 9.32. The Morgan fingerprint density at radius 2 is 1.73 bits per heavy atom. The summed E-state index contributed by atoms with van der Waals surface area (Å²) in [4.78, 5) is 28.2. The Balaban J connectivity index is 1.56. The highest BCUT2D eigenvalue weighted by Crippen LogP contribution is 2.31. The van der Waals surface area contributed by atoms with Crippen LogP contribution in [0.25, 0.3) is 0 Å². The molecular formula is C25H28F3N7O4S. The first-order chi connectivity index (χ1) is 18.9. The van der Waals surface area contributed by atoms with Crippen LogP contribution in [0, 0.1) is 0 Å². The van der Waals surface area contributed by atoms with Gasteiger partial charge in [0.15, 0.2) is 6.33 Å². The van der Waals surface area contributed by atoms with Crippen molar-refractivity contribution in [2.75, 3.05) is 19.6 Å². The highest BCUT2D eigenvalue weighted by molar-refractivity contribution is 7.89. The second-order valence-electron chi connectivity index (χ2n) is 9.57. The van der Waals surface area contributed by atoms with Crippen molar-refractivity contribution in [3.63, 3.8) is 0 Å². The van der Waals surface area contributed by atoms with E-state index in [1.807, 2.05) is 24.3 Å². The quantitative estimate of drug-likeness (QED) is 0.432. The largest absolute Gasteiger partial charge is 0.416 e. The molecule has 1 aliphatic rings. The van der Waals surface area contributed by atoms with Crippen LogP contribution in [0.3, 0.4) is 0 Å². The maximum absolute atomic E-state index is 13.5. The predicted octanol–water partition coefficient (Wildman–Crippen LogP) is 2.03. The maximum Gasteiger partial charge on any atom is 0.416 e. The number of nitrogens with zero attached hydrogens (tertiary/aromatic N) is 6. The fraction of sp³-hybridized carbons (Fsp3) is 0.400. The first-order valence-corrected chi connectivity index (χ1v) is 13.8. The number of hydrogen-bond donors (Lipinski definition) is 1. The second kappa shape index (κ2) is 11.7. The van der Waals surface area contributed by atoms with Crippen LogP contribution in [0.15, 0.2) is 59.8 Å². The van der Waals surface area contributed by atoms with E-state index in [4.69, 9.17) is 0 Å². The van der Waals surface area contributed by atoms with Crippen molar-refractivity contribution >= 4 is 21.8 Å². The zero-order valence-electron chi connectivity index (χ0n) is 21.7. The number of nitrogens with one attached hydrogen (secondary N) is 1. The van der Waals surface area contributed by atoms with Gasteiger partial charge in [-0.2, -0.15) is 22.3 Å². The number of carbonyl (C=O) groups excluding carboxylic acids is 2. The molecule has 2 heterocycles. The van der Waals surface area contributed by atoms with E-state index in [-0.39, 0.29) is 32.7 Å². The number of sulfonamides is 1. The first kappa shape index (κ1) is 29.1. The molecule has 3 aromatic rings. The van der Waals surface area contributed by atoms with E-state index in [1.54, 1.807) is 0 Å². The van der Waals surface area contributed by atoms with Crippen molar-refractivity contribution in [3.05, 3.63) is 71.5 Å². The number of alkyl halides is 3. The minimum absolute atomic E-state index is 0.0478. The van der Waals surface area contributed by atoms with Crippen LogP contribution in [-0.2, 0) is 38.9 Å². The van der Waals surface area contributed by atoms with Crippen molar-refractivity contribution in [2.24, 2.45) is 0 Å². The summed E-state index contributed by atoms with van der Waals surface area (Å²) >= 11 is 0. The van der Waals surface area contributed by atoms with Crippen LogP contribution in [0.4, 0.5) is 13.2 Å². The van der Waals surface area contributed by atoms with Crippen LogP contribution in [-0.4, -0.2) is 75.3 Å². The molecule has 0 spiro atoms. The molecule has 1 fully saturated rings. The molecule has 0 saturated carbocycles. The molecule has 2 aromatic carbocycles. The van der Waals surface area contributed by atoms with Crippen LogP contribution in [0.1, 0.15) is 36.5 Å². The van der Waals surface area contributed by atoms with Gasteiger partial charge < -0.3 is 10.2 Å². The lowest BCUT2D eigenvalue weighted by atomic mass is 10.0. The number of rotatable bonds is 8. The van der Waals surface area contributed by atoms with Gasteiger partial charge in [0.05, 0.1) is 10.5 Å². The Bertz CT molecular complexity index is 1430. The van der Waals surface area contributed by atoms with Gasteiger partial charge in [0.2, 0.25) is 21.8 Å². The SMILES string of the molecule is CC(C)c1ccc(CNC(=O)[C@H]2CN(C(=O)Cn3ncnn3)CCN2S(=O)(=O)c2ccc(C(F)(F)F)cc2)cc1. The summed E-state index contributed by atoms with van der Waals surface area (Å²) in [7, 11) is -4.39. The lowest BCUT2D eigenvalue weighted by molar-refractivity contribution is -0.138. The van der Waals surface area contributed by atoms with Crippen molar-refractivity contribution in [3.8, 4) is 0 Å². The standard InChI is InChI=1S/C25H28F3N7O4S/c1-17(2)19-5-3-18(4-6-19)13-29-24(37)22-14-33(23(36)15-35-31-16-30-32-35)11-12-34(22)40(38,39)21-9-7-20(8-10-21)25(26,27)28/h3-10,16-17,22H,11-15H2,1-2H3,(H,29,37)/t22-/m1/s1. The number of carbonyl (C=O) groups is 2. The maximum atomic E-state index is 13.5. The number of benzene rings is 2. The Morgan fingerprint density at radius 1 is 1.05 bits per heavy atom. The number of tetrazole rings is 1. The van der Waals surface area contributed by atoms with Gasteiger partial charge in [0, 0.05) is 26.2 Å². The Kier molecular flexibility index (Phi) is 8.54. The fourth-order valence-corrected chi connectivity index (χ4v) is 5.82. The van der Waals surface area contributed by atoms with Gasteiger partial charge in [-0.15, -0.1) is 10.2 Å². The van der Waals surface area contributed by atoms with E-state index in [1.165, 1.54) is 4.90 Å². The molecule has 4 rings (SSSR count). The number of aromatic nitrogens is 4. The van der Waals surface area contributed by atoms with Gasteiger partial charge in [-0.25, -0.2) is 8.42 Å².